The third-order valence-corrected chi connectivity index (χ3v) is 6.29. The van der Waals surface area contributed by atoms with Crippen LogP contribution in [0.25, 0.3) is 0 Å². The van der Waals surface area contributed by atoms with Crippen molar-refractivity contribution in [2.24, 2.45) is 0 Å². The van der Waals surface area contributed by atoms with E-state index in [-0.39, 0.29) is 12.2 Å². The molecule has 8 heteroatoms. The lowest BCUT2D eigenvalue weighted by molar-refractivity contribution is 0.0525. The Balaban J connectivity index is 2.41. The predicted octanol–water partition coefficient (Wildman–Crippen LogP) is 2.31. The van der Waals surface area contributed by atoms with Gasteiger partial charge in [0.1, 0.15) is 4.60 Å². The van der Waals surface area contributed by atoms with Gasteiger partial charge in [0.2, 0.25) is 0 Å². The van der Waals surface area contributed by atoms with Crippen molar-refractivity contribution in [3.8, 4) is 0 Å². The zero-order valence-electron chi connectivity index (χ0n) is 12.1. The predicted molar refractivity (Wildman–Crippen MR) is 82.6 cm³/mol. The first kappa shape index (κ1) is 16.5. The van der Waals surface area contributed by atoms with Crippen LogP contribution in [0.2, 0.25) is 0 Å². The molecule has 0 saturated carbocycles. The lowest BCUT2D eigenvalue weighted by atomic mass is 10.2. The first-order valence-electron chi connectivity index (χ1n) is 6.95. The van der Waals surface area contributed by atoms with E-state index in [4.69, 9.17) is 4.74 Å². The van der Waals surface area contributed by atoms with Crippen LogP contribution in [0, 0.1) is 6.92 Å². The lowest BCUT2D eigenvalue weighted by Gasteiger charge is -2.27. The van der Waals surface area contributed by atoms with Gasteiger partial charge in [0, 0.05) is 18.8 Å². The van der Waals surface area contributed by atoms with Gasteiger partial charge in [0.15, 0.2) is 0 Å². The standard InChI is InChI=1S/C13H19BrN2O4S/c1-3-20-13(17)11-9-12(14)16(10(11)2)21(18,19)15-7-5-4-6-8-15/h9H,3-8H2,1-2H3. The zero-order chi connectivity index (χ0) is 15.6. The molecule has 118 valence electrons. The Hall–Kier alpha value is -0.860. The van der Waals surface area contributed by atoms with Crippen LogP contribution < -0.4 is 0 Å². The summed E-state index contributed by atoms with van der Waals surface area (Å²) >= 11 is 3.24. The summed E-state index contributed by atoms with van der Waals surface area (Å²) in [5, 5.41) is 0. The molecule has 21 heavy (non-hydrogen) atoms. The molecular formula is C13H19BrN2O4S. The maximum Gasteiger partial charge on any atom is 0.340 e. The van der Waals surface area contributed by atoms with Gasteiger partial charge in [-0.05, 0) is 48.7 Å². The van der Waals surface area contributed by atoms with Gasteiger partial charge in [-0.1, -0.05) is 6.42 Å². The average Bonchev–Trinajstić information content (AvgIpc) is 2.76. The third-order valence-electron chi connectivity index (χ3n) is 3.52. The quantitative estimate of drug-likeness (QED) is 0.753. The molecule has 2 heterocycles. The van der Waals surface area contributed by atoms with Gasteiger partial charge in [0.25, 0.3) is 0 Å². The fourth-order valence-electron chi connectivity index (χ4n) is 2.46. The van der Waals surface area contributed by atoms with Crippen LogP contribution in [0.5, 0.6) is 0 Å². The minimum atomic E-state index is -3.66. The molecule has 1 aliphatic rings. The molecule has 0 unspecified atom stereocenters. The number of carbonyl (C=O) groups is 1. The molecule has 0 N–H and O–H groups in total. The molecule has 0 bridgehead atoms. The highest BCUT2D eigenvalue weighted by Gasteiger charge is 2.30. The van der Waals surface area contributed by atoms with E-state index in [0.29, 0.717) is 23.4 Å². The first-order valence-corrected chi connectivity index (χ1v) is 9.14. The maximum atomic E-state index is 12.7. The number of piperidine rings is 1. The Kier molecular flexibility index (Phi) is 5.11. The van der Waals surface area contributed by atoms with Crippen LogP contribution in [0.15, 0.2) is 10.7 Å². The lowest BCUT2D eigenvalue weighted by Crippen LogP contribution is -2.39. The number of esters is 1. The Morgan fingerprint density at radius 3 is 2.52 bits per heavy atom. The maximum absolute atomic E-state index is 12.7. The molecule has 0 aliphatic carbocycles. The van der Waals surface area contributed by atoms with E-state index in [1.165, 1.54) is 14.3 Å². The molecule has 0 amide bonds. The van der Waals surface area contributed by atoms with Crippen molar-refractivity contribution in [3.63, 3.8) is 0 Å². The minimum absolute atomic E-state index is 0.250. The van der Waals surface area contributed by atoms with Gasteiger partial charge in [-0.2, -0.15) is 12.7 Å². The first-order chi connectivity index (χ1) is 9.89. The topological polar surface area (TPSA) is 68.6 Å². The molecule has 1 aromatic heterocycles. The molecule has 1 saturated heterocycles. The summed E-state index contributed by atoms with van der Waals surface area (Å²) in [6, 6.07) is 1.49. The van der Waals surface area contributed by atoms with E-state index >= 15 is 0 Å². The molecule has 0 atom stereocenters. The molecule has 0 radical (unpaired) electrons. The van der Waals surface area contributed by atoms with E-state index < -0.39 is 16.2 Å². The summed E-state index contributed by atoms with van der Waals surface area (Å²) < 4.78 is 33.4. The number of carbonyl (C=O) groups excluding carboxylic acids is 1. The highest BCUT2D eigenvalue weighted by molar-refractivity contribution is 9.10. The number of halogens is 1. The summed E-state index contributed by atoms with van der Waals surface area (Å²) in [7, 11) is -3.66. The van der Waals surface area contributed by atoms with Crippen LogP contribution in [-0.2, 0) is 14.9 Å². The van der Waals surface area contributed by atoms with Crippen molar-refractivity contribution in [3.05, 3.63) is 21.9 Å². The van der Waals surface area contributed by atoms with Crippen molar-refractivity contribution in [1.82, 2.24) is 8.28 Å². The van der Waals surface area contributed by atoms with Crippen LogP contribution in [-0.4, -0.2) is 42.4 Å². The fourth-order valence-corrected chi connectivity index (χ4v) is 5.17. The Morgan fingerprint density at radius 1 is 1.33 bits per heavy atom. The molecule has 1 aliphatic heterocycles. The second-order valence-electron chi connectivity index (χ2n) is 4.92. The van der Waals surface area contributed by atoms with Gasteiger partial charge in [-0.25, -0.2) is 8.77 Å². The van der Waals surface area contributed by atoms with E-state index in [2.05, 4.69) is 15.9 Å². The van der Waals surface area contributed by atoms with Crippen LogP contribution in [0.4, 0.5) is 0 Å². The summed E-state index contributed by atoms with van der Waals surface area (Å²) in [6.45, 7) is 4.60. The number of aromatic nitrogens is 1. The number of hydrogen-bond donors (Lipinski definition) is 0. The average molecular weight is 379 g/mol. The summed E-state index contributed by atoms with van der Waals surface area (Å²) in [4.78, 5) is 11.9. The fraction of sp³-hybridized carbons (Fsp3) is 0.615. The smallest absolute Gasteiger partial charge is 0.340 e. The summed E-state index contributed by atoms with van der Waals surface area (Å²) in [5.74, 6) is -0.511. The highest BCUT2D eigenvalue weighted by atomic mass is 79.9. The van der Waals surface area contributed by atoms with Crippen LogP contribution in [0.1, 0.15) is 42.2 Å². The molecule has 6 nitrogen and oxygen atoms in total. The van der Waals surface area contributed by atoms with E-state index in [0.717, 1.165) is 19.3 Å². The minimum Gasteiger partial charge on any atom is -0.462 e. The van der Waals surface area contributed by atoms with E-state index in [9.17, 15) is 13.2 Å². The van der Waals surface area contributed by atoms with Crippen molar-refractivity contribution in [2.45, 2.75) is 33.1 Å². The van der Waals surface area contributed by atoms with Gasteiger partial charge >= 0.3 is 16.2 Å². The SMILES string of the molecule is CCOC(=O)c1cc(Br)n(S(=O)(=O)N2CCCCC2)c1C. The number of nitrogens with zero attached hydrogens (tertiary/aromatic N) is 2. The second kappa shape index (κ2) is 6.50. The van der Waals surface area contributed by atoms with Crippen molar-refractivity contribution < 1.29 is 17.9 Å². The largest absolute Gasteiger partial charge is 0.462 e. The Labute approximate surface area is 133 Å². The van der Waals surface area contributed by atoms with Crippen molar-refractivity contribution in [2.75, 3.05) is 19.7 Å². The molecule has 1 fully saturated rings. The zero-order valence-corrected chi connectivity index (χ0v) is 14.5. The molecule has 0 spiro atoms. The number of hydrogen-bond acceptors (Lipinski definition) is 4. The highest BCUT2D eigenvalue weighted by Crippen LogP contribution is 2.26. The van der Waals surface area contributed by atoms with E-state index in [1.54, 1.807) is 13.8 Å². The Morgan fingerprint density at radius 2 is 1.95 bits per heavy atom. The summed E-state index contributed by atoms with van der Waals surface area (Å²) in [5.41, 5.74) is 0.634. The van der Waals surface area contributed by atoms with Crippen LogP contribution in [0.3, 0.4) is 0 Å². The molecule has 2 rings (SSSR count). The van der Waals surface area contributed by atoms with E-state index in [1.807, 2.05) is 0 Å². The molecule has 0 aromatic carbocycles. The van der Waals surface area contributed by atoms with Crippen molar-refractivity contribution in [1.29, 1.82) is 0 Å². The van der Waals surface area contributed by atoms with Crippen molar-refractivity contribution >= 4 is 32.1 Å². The molecule has 1 aromatic rings. The van der Waals surface area contributed by atoms with Gasteiger partial charge < -0.3 is 4.74 Å². The van der Waals surface area contributed by atoms with Gasteiger partial charge in [-0.15, -0.1) is 0 Å². The third kappa shape index (κ3) is 3.17. The van der Waals surface area contributed by atoms with Gasteiger partial charge in [-0.3, -0.25) is 0 Å². The number of ether oxygens (including phenoxy) is 1. The van der Waals surface area contributed by atoms with Crippen LogP contribution >= 0.6 is 15.9 Å². The second-order valence-corrected chi connectivity index (χ2v) is 7.51. The number of rotatable bonds is 4. The Bertz CT molecular complexity index is 633. The van der Waals surface area contributed by atoms with Gasteiger partial charge in [0.05, 0.1) is 12.2 Å². The summed E-state index contributed by atoms with van der Waals surface area (Å²) in [6.07, 6.45) is 2.77. The normalized spacial score (nSPS) is 16.9. The monoisotopic (exact) mass is 378 g/mol. The molecular weight excluding hydrogens is 360 g/mol.